The zero-order valence-electron chi connectivity index (χ0n) is 12.3. The first-order valence-corrected chi connectivity index (χ1v) is 7.73. The highest BCUT2D eigenvalue weighted by atomic mass is 127. The molecule has 0 bridgehead atoms. The number of ether oxygens (including phenoxy) is 1. The van der Waals surface area contributed by atoms with Crippen molar-refractivity contribution in [1.29, 1.82) is 0 Å². The molecule has 0 heterocycles. The molecule has 2 nitrogen and oxygen atoms in total. The summed E-state index contributed by atoms with van der Waals surface area (Å²) in [6.45, 7) is 4.25. The van der Waals surface area contributed by atoms with Gasteiger partial charge < -0.3 is 10.1 Å². The third-order valence-electron chi connectivity index (χ3n) is 3.52. The SMILES string of the molecule is CNC(c1cc(C)ccc1OC)c1cccc(C)c1I. The molecule has 0 radical (unpaired) electrons. The molecule has 1 atom stereocenters. The minimum Gasteiger partial charge on any atom is -0.496 e. The highest BCUT2D eigenvalue weighted by molar-refractivity contribution is 14.1. The van der Waals surface area contributed by atoms with Crippen molar-refractivity contribution < 1.29 is 4.74 Å². The van der Waals surface area contributed by atoms with Crippen molar-refractivity contribution in [2.75, 3.05) is 14.2 Å². The van der Waals surface area contributed by atoms with Gasteiger partial charge in [0.2, 0.25) is 0 Å². The highest BCUT2D eigenvalue weighted by Gasteiger charge is 2.19. The Bertz CT molecular complexity index is 610. The smallest absolute Gasteiger partial charge is 0.123 e. The van der Waals surface area contributed by atoms with Crippen LogP contribution in [0.5, 0.6) is 5.75 Å². The summed E-state index contributed by atoms with van der Waals surface area (Å²) in [6, 6.07) is 12.9. The van der Waals surface area contributed by atoms with Crippen LogP contribution in [0.1, 0.15) is 28.3 Å². The molecule has 0 aliphatic carbocycles. The average Bonchev–Trinajstić information content (AvgIpc) is 2.44. The molecule has 0 saturated heterocycles. The van der Waals surface area contributed by atoms with E-state index in [9.17, 15) is 0 Å². The fourth-order valence-corrected chi connectivity index (χ4v) is 3.12. The fourth-order valence-electron chi connectivity index (χ4n) is 2.45. The Hall–Kier alpha value is -1.07. The van der Waals surface area contributed by atoms with Crippen LogP contribution < -0.4 is 10.1 Å². The molecule has 0 aromatic heterocycles. The normalized spacial score (nSPS) is 12.2. The van der Waals surface area contributed by atoms with E-state index in [1.807, 2.05) is 13.1 Å². The molecule has 3 heteroatoms. The summed E-state index contributed by atoms with van der Waals surface area (Å²) < 4.78 is 6.83. The van der Waals surface area contributed by atoms with Crippen molar-refractivity contribution in [3.05, 3.63) is 62.2 Å². The van der Waals surface area contributed by atoms with Gasteiger partial charge in [0.1, 0.15) is 5.75 Å². The average molecular weight is 381 g/mol. The van der Waals surface area contributed by atoms with Crippen molar-refractivity contribution in [3.8, 4) is 5.75 Å². The van der Waals surface area contributed by atoms with Crippen LogP contribution in [0.3, 0.4) is 0 Å². The summed E-state index contributed by atoms with van der Waals surface area (Å²) in [7, 11) is 3.72. The maximum atomic E-state index is 5.53. The number of methoxy groups -OCH3 is 1. The van der Waals surface area contributed by atoms with E-state index in [0.717, 1.165) is 5.75 Å². The minimum atomic E-state index is 0.136. The van der Waals surface area contributed by atoms with Gasteiger partial charge in [-0.25, -0.2) is 0 Å². The molecular weight excluding hydrogens is 361 g/mol. The van der Waals surface area contributed by atoms with E-state index >= 15 is 0 Å². The zero-order chi connectivity index (χ0) is 14.7. The summed E-state index contributed by atoms with van der Waals surface area (Å²) in [5, 5.41) is 3.42. The number of hydrogen-bond acceptors (Lipinski definition) is 2. The Kier molecular flexibility index (Phi) is 5.05. The number of aryl methyl sites for hydroxylation is 2. The lowest BCUT2D eigenvalue weighted by molar-refractivity contribution is 0.405. The predicted molar refractivity (Wildman–Crippen MR) is 92.5 cm³/mol. The van der Waals surface area contributed by atoms with E-state index in [0.29, 0.717) is 0 Å². The van der Waals surface area contributed by atoms with Crippen LogP contribution in [0.4, 0.5) is 0 Å². The van der Waals surface area contributed by atoms with E-state index in [1.54, 1.807) is 7.11 Å². The highest BCUT2D eigenvalue weighted by Crippen LogP contribution is 2.33. The minimum absolute atomic E-state index is 0.136. The van der Waals surface area contributed by atoms with Crippen molar-refractivity contribution in [1.82, 2.24) is 5.32 Å². The fraction of sp³-hybridized carbons (Fsp3) is 0.294. The third kappa shape index (κ3) is 2.99. The lowest BCUT2D eigenvalue weighted by atomic mass is 9.95. The Morgan fingerprint density at radius 1 is 1.10 bits per heavy atom. The molecule has 0 fully saturated rings. The molecule has 0 amide bonds. The van der Waals surface area contributed by atoms with Crippen LogP contribution in [-0.2, 0) is 0 Å². The van der Waals surface area contributed by atoms with Crippen LogP contribution in [0.2, 0.25) is 0 Å². The molecular formula is C17H20INO. The number of nitrogens with one attached hydrogen (secondary N) is 1. The first-order chi connectivity index (χ1) is 9.58. The monoisotopic (exact) mass is 381 g/mol. The van der Waals surface area contributed by atoms with Crippen LogP contribution in [0.15, 0.2) is 36.4 Å². The summed E-state index contributed by atoms with van der Waals surface area (Å²) in [4.78, 5) is 0. The Morgan fingerprint density at radius 2 is 1.85 bits per heavy atom. The molecule has 2 aromatic carbocycles. The second kappa shape index (κ2) is 6.59. The molecule has 1 unspecified atom stereocenters. The van der Waals surface area contributed by atoms with Gasteiger partial charge in [-0.3, -0.25) is 0 Å². The molecule has 1 N–H and O–H groups in total. The number of hydrogen-bond donors (Lipinski definition) is 1. The summed E-state index contributed by atoms with van der Waals surface area (Å²) in [5.74, 6) is 0.923. The number of rotatable bonds is 4. The van der Waals surface area contributed by atoms with Gasteiger partial charge in [-0.2, -0.15) is 0 Å². The van der Waals surface area contributed by atoms with Gasteiger partial charge in [0.25, 0.3) is 0 Å². The van der Waals surface area contributed by atoms with Gasteiger partial charge in [-0.05, 0) is 60.7 Å². The number of halogens is 1. The van der Waals surface area contributed by atoms with Crippen molar-refractivity contribution in [2.24, 2.45) is 0 Å². The van der Waals surface area contributed by atoms with Crippen molar-refractivity contribution >= 4 is 22.6 Å². The van der Waals surface area contributed by atoms with Crippen LogP contribution >= 0.6 is 22.6 Å². The van der Waals surface area contributed by atoms with E-state index in [1.165, 1.54) is 25.8 Å². The molecule has 20 heavy (non-hydrogen) atoms. The maximum absolute atomic E-state index is 5.53. The Balaban J connectivity index is 2.58. The van der Waals surface area contributed by atoms with Gasteiger partial charge in [-0.15, -0.1) is 0 Å². The lowest BCUT2D eigenvalue weighted by Crippen LogP contribution is -2.20. The van der Waals surface area contributed by atoms with Gasteiger partial charge in [0.05, 0.1) is 13.2 Å². The topological polar surface area (TPSA) is 21.3 Å². The lowest BCUT2D eigenvalue weighted by Gasteiger charge is -2.22. The van der Waals surface area contributed by atoms with Gasteiger partial charge in [0.15, 0.2) is 0 Å². The first kappa shape index (κ1) is 15.3. The number of benzene rings is 2. The summed E-state index contributed by atoms with van der Waals surface area (Å²) in [5.41, 5.74) is 5.01. The first-order valence-electron chi connectivity index (χ1n) is 6.65. The quantitative estimate of drug-likeness (QED) is 0.801. The molecule has 2 rings (SSSR count). The molecule has 0 aliphatic heterocycles. The molecule has 0 aliphatic rings. The van der Waals surface area contributed by atoms with Crippen molar-refractivity contribution in [3.63, 3.8) is 0 Å². The Morgan fingerprint density at radius 3 is 2.50 bits per heavy atom. The largest absolute Gasteiger partial charge is 0.496 e. The van der Waals surface area contributed by atoms with E-state index < -0.39 is 0 Å². The second-order valence-electron chi connectivity index (χ2n) is 4.95. The van der Waals surface area contributed by atoms with Crippen molar-refractivity contribution in [2.45, 2.75) is 19.9 Å². The van der Waals surface area contributed by atoms with E-state index in [2.05, 4.69) is 72.1 Å². The standard InChI is InChI=1S/C17H20INO/c1-11-8-9-15(20-4)14(10-11)17(19-3)13-7-5-6-12(2)16(13)18/h5-10,17,19H,1-4H3. The van der Waals surface area contributed by atoms with Gasteiger partial charge >= 0.3 is 0 Å². The summed E-state index contributed by atoms with van der Waals surface area (Å²) >= 11 is 2.42. The third-order valence-corrected chi connectivity index (χ3v) is 4.99. The molecule has 0 saturated carbocycles. The van der Waals surface area contributed by atoms with E-state index in [4.69, 9.17) is 4.74 Å². The zero-order valence-corrected chi connectivity index (χ0v) is 14.5. The van der Waals surface area contributed by atoms with Crippen LogP contribution in [-0.4, -0.2) is 14.2 Å². The van der Waals surface area contributed by atoms with Crippen LogP contribution in [0, 0.1) is 17.4 Å². The molecule has 106 valence electrons. The second-order valence-corrected chi connectivity index (χ2v) is 6.02. The van der Waals surface area contributed by atoms with E-state index in [-0.39, 0.29) is 6.04 Å². The van der Waals surface area contributed by atoms with Crippen LogP contribution in [0.25, 0.3) is 0 Å². The Labute approximate surface area is 134 Å². The van der Waals surface area contributed by atoms with Gasteiger partial charge in [-0.1, -0.05) is 35.9 Å². The summed E-state index contributed by atoms with van der Waals surface area (Å²) in [6.07, 6.45) is 0. The van der Waals surface area contributed by atoms with Gasteiger partial charge in [0, 0.05) is 9.13 Å². The molecule has 0 spiro atoms. The predicted octanol–water partition coefficient (Wildman–Crippen LogP) is 4.23. The maximum Gasteiger partial charge on any atom is 0.123 e. The molecule has 2 aromatic rings.